The van der Waals surface area contributed by atoms with Gasteiger partial charge in [-0.2, -0.15) is 0 Å². The summed E-state index contributed by atoms with van der Waals surface area (Å²) < 4.78 is 2.14. The fraction of sp³-hybridized carbons (Fsp3) is 0.100. The Bertz CT molecular complexity index is 1500. The van der Waals surface area contributed by atoms with Crippen LogP contribution in [0.5, 0.6) is 0 Å². The Balaban J connectivity index is 1.68. The molecule has 1 aromatic heterocycles. The Morgan fingerprint density at radius 3 is 2.22 bits per heavy atom. The van der Waals surface area contributed by atoms with Crippen LogP contribution in [0.1, 0.15) is 23.7 Å². The molecule has 1 fully saturated rings. The molecule has 0 bridgehead atoms. The highest BCUT2D eigenvalue weighted by molar-refractivity contribution is 7.80. The molecule has 2 amide bonds. The number of nitrogens with zero attached hydrogens (tertiary/aromatic N) is 2. The Kier molecular flexibility index (Phi) is 6.36. The maximum atomic E-state index is 13.7. The molecule has 36 heavy (non-hydrogen) atoms. The normalized spacial score (nSPS) is 14.9. The van der Waals surface area contributed by atoms with Gasteiger partial charge in [0.05, 0.1) is 11.4 Å². The molecule has 2 heterocycles. The summed E-state index contributed by atoms with van der Waals surface area (Å²) in [6, 6.07) is 29.6. The summed E-state index contributed by atoms with van der Waals surface area (Å²) in [6.07, 6.45) is 2.41. The van der Waals surface area contributed by atoms with E-state index in [1.807, 2.05) is 105 Å². The molecular weight excluding hydrogens is 466 g/mol. The molecule has 1 aliphatic heterocycles. The molecule has 4 aromatic rings. The van der Waals surface area contributed by atoms with Crippen molar-refractivity contribution in [1.82, 2.24) is 9.88 Å². The predicted octanol–water partition coefficient (Wildman–Crippen LogP) is 5.85. The number of para-hydroxylation sites is 2. The Hall–Kier alpha value is -4.29. The second-order valence-corrected chi connectivity index (χ2v) is 8.95. The van der Waals surface area contributed by atoms with Crippen molar-refractivity contribution in [1.29, 1.82) is 0 Å². The largest absolute Gasteiger partial charge is 0.313 e. The average Bonchev–Trinajstić information content (AvgIpc) is 3.23. The van der Waals surface area contributed by atoms with Crippen LogP contribution in [0, 0.1) is 6.92 Å². The molecule has 3 aromatic carbocycles. The van der Waals surface area contributed by atoms with Crippen molar-refractivity contribution in [2.75, 3.05) is 4.90 Å². The van der Waals surface area contributed by atoms with E-state index in [1.165, 1.54) is 4.90 Å². The van der Waals surface area contributed by atoms with Gasteiger partial charge >= 0.3 is 0 Å². The molecule has 6 heteroatoms. The number of aromatic nitrogens is 1. The predicted molar refractivity (Wildman–Crippen MR) is 148 cm³/mol. The number of nitrogens with one attached hydrogen (secondary N) is 1. The van der Waals surface area contributed by atoms with Crippen molar-refractivity contribution in [2.45, 2.75) is 20.3 Å². The number of amides is 2. The molecule has 5 nitrogen and oxygen atoms in total. The van der Waals surface area contributed by atoms with Gasteiger partial charge in [-0.15, -0.1) is 0 Å². The molecule has 0 radical (unpaired) electrons. The van der Waals surface area contributed by atoms with Crippen molar-refractivity contribution < 1.29 is 9.59 Å². The minimum Gasteiger partial charge on any atom is -0.313 e. The third-order valence-corrected chi connectivity index (χ3v) is 6.58. The van der Waals surface area contributed by atoms with E-state index in [0.717, 1.165) is 40.2 Å². The summed E-state index contributed by atoms with van der Waals surface area (Å²) in [4.78, 5) is 28.2. The lowest BCUT2D eigenvalue weighted by Crippen LogP contribution is -2.54. The quantitative estimate of drug-likeness (QED) is 0.217. The zero-order chi connectivity index (χ0) is 25.2. The van der Waals surface area contributed by atoms with Gasteiger partial charge in [0.1, 0.15) is 5.57 Å². The average molecular weight is 492 g/mol. The topological polar surface area (TPSA) is 54.3 Å². The van der Waals surface area contributed by atoms with Gasteiger partial charge in [0.25, 0.3) is 11.8 Å². The van der Waals surface area contributed by atoms with E-state index in [2.05, 4.69) is 9.88 Å². The SMILES string of the molecule is CCc1ccccc1N1C(=O)/C(=C\c2cc(C)n(-c3ccccc3)c2-c2ccccc2)C(=O)NC1=S. The van der Waals surface area contributed by atoms with Crippen LogP contribution in [0.3, 0.4) is 0 Å². The first kappa shape index (κ1) is 23.5. The smallest absolute Gasteiger partial charge is 0.270 e. The van der Waals surface area contributed by atoms with Crippen LogP contribution in [0.4, 0.5) is 5.69 Å². The number of anilines is 1. The summed E-state index contributed by atoms with van der Waals surface area (Å²) in [5.74, 6) is -0.937. The van der Waals surface area contributed by atoms with Gasteiger partial charge in [0.2, 0.25) is 0 Å². The Labute approximate surface area is 215 Å². The standard InChI is InChI=1S/C30H25N3O2S/c1-3-21-12-10-11-17-26(21)33-29(35)25(28(34)31-30(33)36)19-23-18-20(2)32(24-15-8-5-9-16-24)27(23)22-13-6-4-7-14-22/h4-19H,3H2,1-2H3,(H,31,34,36)/b25-19-. The van der Waals surface area contributed by atoms with Gasteiger partial charge < -0.3 is 4.57 Å². The van der Waals surface area contributed by atoms with E-state index < -0.39 is 11.8 Å². The van der Waals surface area contributed by atoms with Gasteiger partial charge in [-0.05, 0) is 67.0 Å². The molecule has 0 saturated carbocycles. The molecule has 0 spiro atoms. The fourth-order valence-electron chi connectivity index (χ4n) is 4.63. The lowest BCUT2D eigenvalue weighted by atomic mass is 10.0. The molecule has 0 unspecified atom stereocenters. The van der Waals surface area contributed by atoms with Gasteiger partial charge in [0, 0.05) is 16.9 Å². The van der Waals surface area contributed by atoms with Crippen LogP contribution in [0.15, 0.2) is 96.6 Å². The van der Waals surface area contributed by atoms with Gasteiger partial charge in [-0.3, -0.25) is 19.8 Å². The zero-order valence-electron chi connectivity index (χ0n) is 20.1. The van der Waals surface area contributed by atoms with Gasteiger partial charge in [-0.25, -0.2) is 0 Å². The molecular formula is C30H25N3O2S. The van der Waals surface area contributed by atoms with E-state index >= 15 is 0 Å². The van der Waals surface area contributed by atoms with Crippen LogP contribution < -0.4 is 10.2 Å². The van der Waals surface area contributed by atoms with Gasteiger partial charge in [-0.1, -0.05) is 73.7 Å². The third-order valence-electron chi connectivity index (χ3n) is 6.29. The maximum Gasteiger partial charge on any atom is 0.270 e. The first-order valence-corrected chi connectivity index (χ1v) is 12.2. The summed E-state index contributed by atoms with van der Waals surface area (Å²) in [7, 11) is 0. The number of hydrogen-bond donors (Lipinski definition) is 1. The molecule has 1 N–H and O–H groups in total. The first-order valence-electron chi connectivity index (χ1n) is 11.8. The summed E-state index contributed by atoms with van der Waals surface area (Å²) in [5.41, 5.74) is 6.34. The lowest BCUT2D eigenvalue weighted by molar-refractivity contribution is -0.122. The molecule has 1 saturated heterocycles. The van der Waals surface area contributed by atoms with Crippen LogP contribution in [-0.4, -0.2) is 21.5 Å². The van der Waals surface area contributed by atoms with Gasteiger partial charge in [0.15, 0.2) is 5.11 Å². The van der Waals surface area contributed by atoms with E-state index in [0.29, 0.717) is 5.69 Å². The first-order chi connectivity index (χ1) is 17.5. The molecule has 178 valence electrons. The van der Waals surface area contributed by atoms with E-state index in [9.17, 15) is 9.59 Å². The second kappa shape index (κ2) is 9.76. The fourth-order valence-corrected chi connectivity index (χ4v) is 4.91. The van der Waals surface area contributed by atoms with E-state index in [4.69, 9.17) is 12.2 Å². The van der Waals surface area contributed by atoms with E-state index in [1.54, 1.807) is 6.08 Å². The summed E-state index contributed by atoms with van der Waals surface area (Å²) in [6.45, 7) is 4.04. The molecule has 5 rings (SSSR count). The van der Waals surface area contributed by atoms with Crippen molar-refractivity contribution >= 4 is 40.9 Å². The van der Waals surface area contributed by atoms with E-state index in [-0.39, 0.29) is 10.7 Å². The summed E-state index contributed by atoms with van der Waals surface area (Å²) >= 11 is 5.42. The minimum atomic E-state index is -0.501. The van der Waals surface area contributed by atoms with Crippen LogP contribution in [-0.2, 0) is 16.0 Å². The molecule has 0 aliphatic carbocycles. The lowest BCUT2D eigenvalue weighted by Gasteiger charge is -2.30. The monoisotopic (exact) mass is 491 g/mol. The number of hydrogen-bond acceptors (Lipinski definition) is 3. The van der Waals surface area contributed by atoms with Crippen molar-refractivity contribution in [3.63, 3.8) is 0 Å². The second-order valence-electron chi connectivity index (χ2n) is 8.57. The van der Waals surface area contributed by atoms with Crippen LogP contribution >= 0.6 is 12.2 Å². The number of aryl methyl sites for hydroxylation is 2. The zero-order valence-corrected chi connectivity index (χ0v) is 20.9. The van der Waals surface area contributed by atoms with Crippen molar-refractivity contribution in [3.05, 3.63) is 113 Å². The van der Waals surface area contributed by atoms with Crippen molar-refractivity contribution in [2.24, 2.45) is 0 Å². The summed E-state index contributed by atoms with van der Waals surface area (Å²) in [5, 5.41) is 2.80. The highest BCUT2D eigenvalue weighted by Crippen LogP contribution is 2.33. The maximum absolute atomic E-state index is 13.7. The number of thiocarbonyl (C=S) groups is 1. The molecule has 1 aliphatic rings. The highest BCUT2D eigenvalue weighted by Gasteiger charge is 2.35. The number of benzene rings is 3. The Morgan fingerprint density at radius 1 is 0.889 bits per heavy atom. The van der Waals surface area contributed by atoms with Crippen molar-refractivity contribution in [3.8, 4) is 16.9 Å². The third kappa shape index (κ3) is 4.16. The van der Waals surface area contributed by atoms with Crippen LogP contribution in [0.2, 0.25) is 0 Å². The number of carbonyl (C=O) groups is 2. The number of rotatable bonds is 5. The Morgan fingerprint density at radius 2 is 1.53 bits per heavy atom. The van der Waals surface area contributed by atoms with Crippen LogP contribution in [0.25, 0.3) is 23.0 Å². The number of carbonyl (C=O) groups excluding carboxylic acids is 2. The molecule has 0 atom stereocenters. The highest BCUT2D eigenvalue weighted by atomic mass is 32.1. The minimum absolute atomic E-state index is 0.0388.